The van der Waals surface area contributed by atoms with Gasteiger partial charge in [0.1, 0.15) is 5.15 Å². The standard InChI is InChI=1S/C23H18ClN/c1-15-11-20-14-22(25-23(24)21(20)12-16(15)2)19-10-6-9-18(13-19)17-7-4-3-5-8-17/h3-14H,1-2H3. The van der Waals surface area contributed by atoms with Crippen LogP contribution in [0.4, 0.5) is 0 Å². The van der Waals surface area contributed by atoms with Crippen molar-refractivity contribution in [3.63, 3.8) is 0 Å². The first kappa shape index (κ1) is 15.9. The van der Waals surface area contributed by atoms with Gasteiger partial charge in [-0.05, 0) is 59.7 Å². The van der Waals surface area contributed by atoms with Crippen molar-refractivity contribution in [2.75, 3.05) is 0 Å². The Balaban J connectivity index is 1.86. The van der Waals surface area contributed by atoms with Gasteiger partial charge in [-0.1, -0.05) is 66.2 Å². The molecule has 0 amide bonds. The molecule has 0 bridgehead atoms. The van der Waals surface area contributed by atoms with E-state index in [0.717, 1.165) is 22.0 Å². The van der Waals surface area contributed by atoms with Crippen LogP contribution in [0.5, 0.6) is 0 Å². The number of hydrogen-bond acceptors (Lipinski definition) is 1. The van der Waals surface area contributed by atoms with Crippen LogP contribution in [0, 0.1) is 13.8 Å². The summed E-state index contributed by atoms with van der Waals surface area (Å²) in [4.78, 5) is 4.64. The number of rotatable bonds is 2. The summed E-state index contributed by atoms with van der Waals surface area (Å²) < 4.78 is 0. The SMILES string of the molecule is Cc1cc2cc(-c3cccc(-c4ccccc4)c3)nc(Cl)c2cc1C. The lowest BCUT2D eigenvalue weighted by molar-refractivity contribution is 1.33. The predicted molar refractivity (Wildman–Crippen MR) is 107 cm³/mol. The molecule has 4 aromatic rings. The summed E-state index contributed by atoms with van der Waals surface area (Å²) in [5.74, 6) is 0. The quantitative estimate of drug-likeness (QED) is 0.363. The smallest absolute Gasteiger partial charge is 0.137 e. The maximum absolute atomic E-state index is 6.48. The highest BCUT2D eigenvalue weighted by Gasteiger charge is 2.09. The Morgan fingerprint density at radius 3 is 2.16 bits per heavy atom. The van der Waals surface area contributed by atoms with Crippen molar-refractivity contribution in [1.29, 1.82) is 0 Å². The van der Waals surface area contributed by atoms with Gasteiger partial charge in [0.25, 0.3) is 0 Å². The Morgan fingerprint density at radius 1 is 0.680 bits per heavy atom. The van der Waals surface area contributed by atoms with Gasteiger partial charge in [0, 0.05) is 10.9 Å². The van der Waals surface area contributed by atoms with E-state index in [1.807, 2.05) is 6.07 Å². The second-order valence-electron chi connectivity index (χ2n) is 6.40. The molecule has 0 aliphatic heterocycles. The van der Waals surface area contributed by atoms with Crippen molar-refractivity contribution >= 4 is 22.4 Å². The largest absolute Gasteiger partial charge is 0.235 e. The lowest BCUT2D eigenvalue weighted by atomic mass is 9.99. The van der Waals surface area contributed by atoms with Crippen molar-refractivity contribution < 1.29 is 0 Å². The van der Waals surface area contributed by atoms with Crippen LogP contribution in [0.15, 0.2) is 72.8 Å². The second kappa shape index (κ2) is 6.34. The van der Waals surface area contributed by atoms with E-state index in [9.17, 15) is 0 Å². The fourth-order valence-corrected chi connectivity index (χ4v) is 3.37. The first-order valence-corrected chi connectivity index (χ1v) is 8.73. The summed E-state index contributed by atoms with van der Waals surface area (Å²) in [5.41, 5.74) is 6.84. The zero-order valence-corrected chi connectivity index (χ0v) is 15.0. The number of nitrogens with zero attached hydrogens (tertiary/aromatic N) is 1. The molecule has 25 heavy (non-hydrogen) atoms. The highest BCUT2D eigenvalue weighted by atomic mass is 35.5. The summed E-state index contributed by atoms with van der Waals surface area (Å²) in [6.45, 7) is 4.22. The van der Waals surface area contributed by atoms with Crippen LogP contribution in [0.1, 0.15) is 11.1 Å². The third kappa shape index (κ3) is 3.04. The minimum atomic E-state index is 0.556. The number of fused-ring (bicyclic) bond motifs is 1. The Bertz CT molecular complexity index is 1070. The Kier molecular flexibility index (Phi) is 4.03. The number of aromatic nitrogens is 1. The average molecular weight is 344 g/mol. The van der Waals surface area contributed by atoms with Crippen molar-refractivity contribution in [2.45, 2.75) is 13.8 Å². The molecule has 0 N–H and O–H groups in total. The van der Waals surface area contributed by atoms with Crippen LogP contribution in [0.2, 0.25) is 5.15 Å². The molecule has 2 heteroatoms. The van der Waals surface area contributed by atoms with E-state index >= 15 is 0 Å². The van der Waals surface area contributed by atoms with Crippen LogP contribution in [-0.2, 0) is 0 Å². The monoisotopic (exact) mass is 343 g/mol. The summed E-state index contributed by atoms with van der Waals surface area (Å²) in [6.07, 6.45) is 0. The summed E-state index contributed by atoms with van der Waals surface area (Å²) in [5, 5.41) is 2.69. The van der Waals surface area contributed by atoms with E-state index in [-0.39, 0.29) is 0 Å². The number of pyridine rings is 1. The van der Waals surface area contributed by atoms with Crippen molar-refractivity contribution in [3.8, 4) is 22.4 Å². The van der Waals surface area contributed by atoms with Gasteiger partial charge in [-0.3, -0.25) is 0 Å². The molecule has 0 unspecified atom stereocenters. The third-order valence-corrected chi connectivity index (χ3v) is 4.95. The van der Waals surface area contributed by atoms with E-state index < -0.39 is 0 Å². The number of hydrogen-bond donors (Lipinski definition) is 0. The molecule has 122 valence electrons. The van der Waals surface area contributed by atoms with Gasteiger partial charge < -0.3 is 0 Å². The van der Waals surface area contributed by atoms with Gasteiger partial charge in [0.2, 0.25) is 0 Å². The van der Waals surface area contributed by atoms with E-state index in [2.05, 4.69) is 85.6 Å². The molecule has 1 nitrogen and oxygen atoms in total. The molecule has 3 aromatic carbocycles. The maximum Gasteiger partial charge on any atom is 0.137 e. The van der Waals surface area contributed by atoms with Gasteiger partial charge >= 0.3 is 0 Å². The molecule has 0 saturated heterocycles. The molecular weight excluding hydrogens is 326 g/mol. The first-order valence-electron chi connectivity index (χ1n) is 8.35. The molecular formula is C23H18ClN. The Hall–Kier alpha value is -2.64. The van der Waals surface area contributed by atoms with E-state index in [1.165, 1.54) is 22.3 Å². The summed E-state index contributed by atoms with van der Waals surface area (Å²) in [7, 11) is 0. The van der Waals surface area contributed by atoms with Crippen LogP contribution in [0.3, 0.4) is 0 Å². The topological polar surface area (TPSA) is 12.9 Å². The minimum Gasteiger partial charge on any atom is -0.235 e. The fourth-order valence-electron chi connectivity index (χ4n) is 3.12. The Labute approximate surface area is 152 Å². The van der Waals surface area contributed by atoms with Crippen molar-refractivity contribution in [2.24, 2.45) is 0 Å². The van der Waals surface area contributed by atoms with Crippen LogP contribution < -0.4 is 0 Å². The summed E-state index contributed by atoms with van der Waals surface area (Å²) >= 11 is 6.48. The van der Waals surface area contributed by atoms with Gasteiger partial charge in [0.05, 0.1) is 5.69 Å². The summed E-state index contributed by atoms with van der Waals surface area (Å²) in [6, 6.07) is 25.2. The van der Waals surface area contributed by atoms with Gasteiger partial charge in [-0.15, -0.1) is 0 Å². The molecule has 1 heterocycles. The predicted octanol–water partition coefficient (Wildman–Crippen LogP) is 6.84. The van der Waals surface area contributed by atoms with Crippen molar-refractivity contribution in [1.82, 2.24) is 4.98 Å². The van der Waals surface area contributed by atoms with Gasteiger partial charge in [-0.2, -0.15) is 0 Å². The van der Waals surface area contributed by atoms with Crippen LogP contribution in [0.25, 0.3) is 33.2 Å². The van der Waals surface area contributed by atoms with Crippen LogP contribution >= 0.6 is 11.6 Å². The molecule has 0 spiro atoms. The molecule has 0 fully saturated rings. The number of halogens is 1. The van der Waals surface area contributed by atoms with Crippen molar-refractivity contribution in [3.05, 3.63) is 89.1 Å². The Morgan fingerprint density at radius 2 is 1.36 bits per heavy atom. The molecule has 4 rings (SSSR count). The van der Waals surface area contributed by atoms with E-state index in [0.29, 0.717) is 5.15 Å². The first-order chi connectivity index (χ1) is 12.1. The van der Waals surface area contributed by atoms with Crippen LogP contribution in [-0.4, -0.2) is 4.98 Å². The molecule has 0 aliphatic carbocycles. The lowest BCUT2D eigenvalue weighted by Gasteiger charge is -2.10. The normalized spacial score (nSPS) is 11.0. The third-order valence-electron chi connectivity index (χ3n) is 4.66. The average Bonchev–Trinajstić information content (AvgIpc) is 2.64. The highest BCUT2D eigenvalue weighted by Crippen LogP contribution is 2.31. The van der Waals surface area contributed by atoms with Gasteiger partial charge in [0.15, 0.2) is 0 Å². The second-order valence-corrected chi connectivity index (χ2v) is 6.76. The molecule has 0 radical (unpaired) electrons. The maximum atomic E-state index is 6.48. The number of aryl methyl sites for hydroxylation is 2. The fraction of sp³-hybridized carbons (Fsp3) is 0.0870. The molecule has 0 atom stereocenters. The molecule has 0 aliphatic rings. The lowest BCUT2D eigenvalue weighted by Crippen LogP contribution is -1.90. The van der Waals surface area contributed by atoms with E-state index in [1.54, 1.807) is 0 Å². The zero-order valence-electron chi connectivity index (χ0n) is 14.3. The zero-order chi connectivity index (χ0) is 17.4. The molecule has 1 aromatic heterocycles. The number of benzene rings is 3. The molecule has 0 saturated carbocycles. The van der Waals surface area contributed by atoms with E-state index in [4.69, 9.17) is 11.6 Å². The highest BCUT2D eigenvalue weighted by molar-refractivity contribution is 6.34. The minimum absolute atomic E-state index is 0.556. The van der Waals surface area contributed by atoms with Gasteiger partial charge in [-0.25, -0.2) is 4.98 Å².